The Morgan fingerprint density at radius 2 is 1.89 bits per heavy atom. The molecule has 0 bridgehead atoms. The molecule has 1 heterocycles. The second-order valence-corrected chi connectivity index (χ2v) is 5.35. The molecule has 2 atom stereocenters. The summed E-state index contributed by atoms with van der Waals surface area (Å²) in [4.78, 5) is 16.7. The van der Waals surface area contributed by atoms with Gasteiger partial charge in [0.15, 0.2) is 0 Å². The lowest BCUT2D eigenvalue weighted by Crippen LogP contribution is -2.23. The number of fused-ring (bicyclic) bond motifs is 2. The zero-order valence-electron chi connectivity index (χ0n) is 10.5. The monoisotopic (exact) mass is 250 g/mol. The zero-order valence-corrected chi connectivity index (χ0v) is 10.5. The number of allylic oxidation sites excluding steroid dienone is 2. The Labute approximate surface area is 111 Å². The van der Waals surface area contributed by atoms with Crippen LogP contribution in [0.15, 0.2) is 58.9 Å². The second kappa shape index (κ2) is 3.92. The van der Waals surface area contributed by atoms with Gasteiger partial charge in [-0.2, -0.15) is 0 Å². The van der Waals surface area contributed by atoms with Crippen molar-refractivity contribution >= 4 is 11.6 Å². The molecule has 3 nitrogen and oxygen atoms in total. The molecule has 1 saturated carbocycles. The van der Waals surface area contributed by atoms with Crippen molar-refractivity contribution in [2.45, 2.75) is 12.8 Å². The first-order valence-electron chi connectivity index (χ1n) is 6.66. The highest BCUT2D eigenvalue weighted by atomic mass is 16.1. The van der Waals surface area contributed by atoms with Gasteiger partial charge < -0.3 is 5.32 Å². The van der Waals surface area contributed by atoms with Gasteiger partial charge in [-0.1, -0.05) is 42.5 Å². The van der Waals surface area contributed by atoms with Gasteiger partial charge in [0.1, 0.15) is 0 Å². The van der Waals surface area contributed by atoms with Gasteiger partial charge in [0, 0.05) is 0 Å². The fourth-order valence-corrected chi connectivity index (χ4v) is 2.74. The van der Waals surface area contributed by atoms with Gasteiger partial charge >= 0.3 is 0 Å². The van der Waals surface area contributed by atoms with Crippen molar-refractivity contribution in [2.24, 2.45) is 16.8 Å². The maximum Gasteiger partial charge on any atom is 0.230 e. The average Bonchev–Trinajstić information content (AvgIpc) is 3.18. The smallest absolute Gasteiger partial charge is 0.230 e. The SMILES string of the molecule is O=C1CC(c2ccccc2)=NC2=CC3CC3C=C2N1. The average molecular weight is 250 g/mol. The number of benzene rings is 1. The summed E-state index contributed by atoms with van der Waals surface area (Å²) in [6.45, 7) is 0. The first kappa shape index (κ1) is 10.7. The maximum absolute atomic E-state index is 12.0. The third kappa shape index (κ3) is 1.91. The number of hydrogen-bond donors (Lipinski definition) is 1. The third-order valence-corrected chi connectivity index (χ3v) is 3.88. The predicted octanol–water partition coefficient (Wildman–Crippen LogP) is 2.41. The molecular weight excluding hydrogens is 236 g/mol. The van der Waals surface area contributed by atoms with Crippen molar-refractivity contribution in [1.29, 1.82) is 0 Å². The van der Waals surface area contributed by atoms with Crippen LogP contribution in [0.5, 0.6) is 0 Å². The zero-order chi connectivity index (χ0) is 12.8. The predicted molar refractivity (Wildman–Crippen MR) is 73.5 cm³/mol. The molecule has 0 aromatic heterocycles. The summed E-state index contributed by atoms with van der Waals surface area (Å²) >= 11 is 0. The van der Waals surface area contributed by atoms with E-state index in [0.717, 1.165) is 22.7 Å². The second-order valence-electron chi connectivity index (χ2n) is 5.35. The Hall–Kier alpha value is -2.16. The minimum Gasteiger partial charge on any atom is -0.324 e. The highest BCUT2D eigenvalue weighted by Crippen LogP contribution is 2.46. The summed E-state index contributed by atoms with van der Waals surface area (Å²) in [7, 11) is 0. The molecule has 2 aliphatic carbocycles. The van der Waals surface area contributed by atoms with Gasteiger partial charge in [-0.3, -0.25) is 9.79 Å². The number of hydrogen-bond acceptors (Lipinski definition) is 2. The Bertz CT molecular complexity index is 640. The van der Waals surface area contributed by atoms with E-state index < -0.39 is 0 Å². The lowest BCUT2D eigenvalue weighted by atomic mass is 10.1. The largest absolute Gasteiger partial charge is 0.324 e. The number of rotatable bonds is 1. The van der Waals surface area contributed by atoms with Crippen molar-refractivity contribution < 1.29 is 4.79 Å². The van der Waals surface area contributed by atoms with Crippen LogP contribution in [-0.4, -0.2) is 11.6 Å². The van der Waals surface area contributed by atoms with Crippen LogP contribution in [0.25, 0.3) is 0 Å². The normalized spacial score (nSPS) is 28.0. The maximum atomic E-state index is 12.0. The molecule has 94 valence electrons. The molecule has 1 aromatic carbocycles. The number of nitrogens with zero attached hydrogens (tertiary/aromatic N) is 1. The minimum atomic E-state index is 0.0244. The number of aliphatic imine (C=N–C) groups is 1. The third-order valence-electron chi connectivity index (χ3n) is 3.88. The lowest BCUT2D eigenvalue weighted by Gasteiger charge is -2.10. The van der Waals surface area contributed by atoms with Crippen molar-refractivity contribution in [3.05, 3.63) is 59.4 Å². The molecule has 1 aliphatic heterocycles. The van der Waals surface area contributed by atoms with Gasteiger partial charge in [-0.05, 0) is 23.8 Å². The summed E-state index contributed by atoms with van der Waals surface area (Å²) in [6, 6.07) is 9.93. The van der Waals surface area contributed by atoms with Crippen molar-refractivity contribution in [1.82, 2.24) is 5.32 Å². The highest BCUT2D eigenvalue weighted by molar-refractivity contribution is 6.12. The summed E-state index contributed by atoms with van der Waals surface area (Å²) in [5.74, 6) is 1.28. The summed E-state index contributed by atoms with van der Waals surface area (Å²) in [6.07, 6.45) is 5.90. The molecule has 0 spiro atoms. The first-order valence-corrected chi connectivity index (χ1v) is 6.66. The molecule has 2 unspecified atom stereocenters. The van der Waals surface area contributed by atoms with Crippen LogP contribution >= 0.6 is 0 Å². The number of amides is 1. The van der Waals surface area contributed by atoms with Crippen LogP contribution in [-0.2, 0) is 4.79 Å². The molecule has 0 radical (unpaired) electrons. The molecule has 3 aliphatic rings. The van der Waals surface area contributed by atoms with E-state index in [-0.39, 0.29) is 5.91 Å². The van der Waals surface area contributed by atoms with Gasteiger partial charge in [0.05, 0.1) is 23.5 Å². The van der Waals surface area contributed by atoms with E-state index >= 15 is 0 Å². The van der Waals surface area contributed by atoms with Crippen LogP contribution in [0.1, 0.15) is 18.4 Å². The van der Waals surface area contributed by atoms with E-state index in [1.807, 2.05) is 30.3 Å². The fourth-order valence-electron chi connectivity index (χ4n) is 2.74. The Balaban J connectivity index is 1.79. The van der Waals surface area contributed by atoms with Gasteiger partial charge in [0.25, 0.3) is 0 Å². The molecule has 19 heavy (non-hydrogen) atoms. The number of carbonyl (C=O) groups is 1. The lowest BCUT2D eigenvalue weighted by molar-refractivity contribution is -0.119. The topological polar surface area (TPSA) is 41.5 Å². The number of nitrogens with one attached hydrogen (secondary N) is 1. The molecule has 1 amide bonds. The van der Waals surface area contributed by atoms with Crippen LogP contribution in [0.3, 0.4) is 0 Å². The van der Waals surface area contributed by atoms with Gasteiger partial charge in [-0.15, -0.1) is 0 Å². The fraction of sp³-hybridized carbons (Fsp3) is 0.250. The Morgan fingerprint density at radius 3 is 2.74 bits per heavy atom. The molecule has 1 aromatic rings. The highest BCUT2D eigenvalue weighted by Gasteiger charge is 2.38. The Morgan fingerprint density at radius 1 is 1.11 bits per heavy atom. The van der Waals surface area contributed by atoms with E-state index in [1.165, 1.54) is 6.42 Å². The number of carbonyl (C=O) groups excluding carboxylic acids is 1. The van der Waals surface area contributed by atoms with E-state index in [4.69, 9.17) is 4.99 Å². The molecule has 1 fully saturated rings. The summed E-state index contributed by atoms with van der Waals surface area (Å²) < 4.78 is 0. The van der Waals surface area contributed by atoms with E-state index in [2.05, 4.69) is 17.5 Å². The van der Waals surface area contributed by atoms with Gasteiger partial charge in [-0.25, -0.2) is 0 Å². The quantitative estimate of drug-likeness (QED) is 0.817. The molecular formula is C16H14N2O. The molecule has 0 saturated heterocycles. The molecule has 3 heteroatoms. The van der Waals surface area contributed by atoms with Crippen LogP contribution < -0.4 is 5.32 Å². The summed E-state index contributed by atoms with van der Waals surface area (Å²) in [5.41, 5.74) is 3.71. The van der Waals surface area contributed by atoms with Gasteiger partial charge in [0.2, 0.25) is 5.91 Å². The van der Waals surface area contributed by atoms with E-state index in [9.17, 15) is 4.79 Å². The summed E-state index contributed by atoms with van der Waals surface area (Å²) in [5, 5.41) is 2.98. The van der Waals surface area contributed by atoms with E-state index in [1.54, 1.807) is 0 Å². The Kier molecular flexibility index (Phi) is 2.21. The van der Waals surface area contributed by atoms with Crippen molar-refractivity contribution in [2.75, 3.05) is 0 Å². The molecule has 4 rings (SSSR count). The van der Waals surface area contributed by atoms with E-state index in [0.29, 0.717) is 18.3 Å². The van der Waals surface area contributed by atoms with Crippen molar-refractivity contribution in [3.8, 4) is 0 Å². The minimum absolute atomic E-state index is 0.0244. The van der Waals surface area contributed by atoms with Crippen LogP contribution in [0, 0.1) is 11.8 Å². The van der Waals surface area contributed by atoms with Crippen LogP contribution in [0.2, 0.25) is 0 Å². The van der Waals surface area contributed by atoms with Crippen LogP contribution in [0.4, 0.5) is 0 Å². The standard InChI is InChI=1S/C16H14N2O/c19-16-9-13(10-4-2-1-3-5-10)17-14-7-11-6-12(11)8-15(14)18-16/h1-5,7-8,11-12H,6,9H2,(H,18,19). The molecule has 1 N–H and O–H groups in total. The van der Waals surface area contributed by atoms with Crippen molar-refractivity contribution in [3.63, 3.8) is 0 Å². The first-order chi connectivity index (χ1) is 9.29.